The van der Waals surface area contributed by atoms with Gasteiger partial charge in [-0.1, -0.05) is 0 Å². The van der Waals surface area contributed by atoms with E-state index in [0.717, 1.165) is 17.5 Å². The topological polar surface area (TPSA) is 127 Å². The van der Waals surface area contributed by atoms with Gasteiger partial charge >= 0.3 is 0 Å². The Morgan fingerprint density at radius 1 is 1.44 bits per heavy atom. The number of rotatable bonds is 3. The number of amides is 1. The highest BCUT2D eigenvalue weighted by atomic mass is 32.2. The number of nitrogens with zero attached hydrogens (tertiary/aromatic N) is 1. The Balaban J connectivity index is 3.32. The summed E-state index contributed by atoms with van der Waals surface area (Å²) >= 11 is 0. The summed E-state index contributed by atoms with van der Waals surface area (Å²) in [5.41, 5.74) is -1.69. The Kier molecular flexibility index (Phi) is 4.03. The molecule has 0 bridgehead atoms. The van der Waals surface area contributed by atoms with Crippen LogP contribution in [0, 0.1) is 0 Å². The molecule has 4 atom stereocenters. The molecular formula is C9H18N2O6S. The lowest BCUT2D eigenvalue weighted by Gasteiger charge is -2.37. The van der Waals surface area contributed by atoms with E-state index in [2.05, 4.69) is 5.32 Å². The van der Waals surface area contributed by atoms with E-state index in [9.17, 15) is 23.4 Å². The smallest absolute Gasteiger partial charge is 0.218 e. The van der Waals surface area contributed by atoms with Crippen LogP contribution in [0.2, 0.25) is 0 Å². The minimum Gasteiger partial charge on any atom is -0.395 e. The predicted molar refractivity (Wildman–Crippen MR) is 61.8 cm³/mol. The Bertz CT molecular complexity index is 438. The largest absolute Gasteiger partial charge is 0.395 e. The second kappa shape index (κ2) is 4.74. The summed E-state index contributed by atoms with van der Waals surface area (Å²) in [5, 5.41) is 31.2. The lowest BCUT2D eigenvalue weighted by molar-refractivity contribution is -0.124. The maximum atomic E-state index is 11.7. The predicted octanol–water partition coefficient (Wildman–Crippen LogP) is -2.80. The molecule has 1 rings (SSSR count). The van der Waals surface area contributed by atoms with E-state index in [1.165, 1.54) is 6.92 Å². The highest BCUT2D eigenvalue weighted by molar-refractivity contribution is 7.88. The van der Waals surface area contributed by atoms with Crippen molar-refractivity contribution in [3.63, 3.8) is 0 Å². The maximum Gasteiger partial charge on any atom is 0.218 e. The molecule has 1 heterocycles. The van der Waals surface area contributed by atoms with Crippen molar-refractivity contribution in [3.05, 3.63) is 0 Å². The van der Waals surface area contributed by atoms with Gasteiger partial charge in [0.1, 0.15) is 17.9 Å². The number of hydrogen-bond acceptors (Lipinski definition) is 6. The molecule has 0 unspecified atom stereocenters. The van der Waals surface area contributed by atoms with Gasteiger partial charge in [-0.05, 0) is 6.92 Å². The van der Waals surface area contributed by atoms with Gasteiger partial charge < -0.3 is 20.6 Å². The van der Waals surface area contributed by atoms with Crippen LogP contribution in [-0.4, -0.2) is 70.7 Å². The number of carbonyl (C=O) groups is 1. The molecule has 4 N–H and O–H groups in total. The van der Waals surface area contributed by atoms with Crippen LogP contribution in [0.25, 0.3) is 0 Å². The molecule has 0 aromatic carbocycles. The van der Waals surface area contributed by atoms with Gasteiger partial charge in [-0.3, -0.25) is 4.79 Å². The number of aliphatic hydroxyl groups is 3. The molecular weight excluding hydrogens is 264 g/mol. The third kappa shape index (κ3) is 2.36. The first-order valence-electron chi connectivity index (χ1n) is 5.31. The first-order valence-corrected chi connectivity index (χ1v) is 7.15. The number of nitrogens with one attached hydrogen (secondary N) is 1. The van der Waals surface area contributed by atoms with Crippen molar-refractivity contribution in [1.82, 2.24) is 9.62 Å². The van der Waals surface area contributed by atoms with Crippen molar-refractivity contribution in [3.8, 4) is 0 Å². The molecule has 0 saturated carbocycles. The second-order valence-corrected chi connectivity index (χ2v) is 6.43. The van der Waals surface area contributed by atoms with Crippen LogP contribution in [0.1, 0.15) is 13.8 Å². The van der Waals surface area contributed by atoms with E-state index < -0.39 is 46.4 Å². The summed E-state index contributed by atoms with van der Waals surface area (Å²) in [6.07, 6.45) is -2.14. The summed E-state index contributed by atoms with van der Waals surface area (Å²) in [5.74, 6) is -0.559. The molecule has 1 saturated heterocycles. The maximum absolute atomic E-state index is 11.7. The van der Waals surface area contributed by atoms with E-state index in [4.69, 9.17) is 5.11 Å². The molecule has 8 nitrogen and oxygen atoms in total. The average Bonchev–Trinajstić information content (AvgIpc) is 2.37. The van der Waals surface area contributed by atoms with Crippen molar-refractivity contribution in [2.75, 3.05) is 12.9 Å². The molecule has 1 fully saturated rings. The molecule has 1 aliphatic heterocycles. The fourth-order valence-electron chi connectivity index (χ4n) is 2.41. The summed E-state index contributed by atoms with van der Waals surface area (Å²) in [6.45, 7) is 1.77. The van der Waals surface area contributed by atoms with E-state index in [1.54, 1.807) is 0 Å². The summed E-state index contributed by atoms with van der Waals surface area (Å²) in [7, 11) is -3.84. The first kappa shape index (κ1) is 15.3. The van der Waals surface area contributed by atoms with Gasteiger partial charge in [-0.25, -0.2) is 8.42 Å². The van der Waals surface area contributed by atoms with Gasteiger partial charge in [0.15, 0.2) is 0 Å². The Labute approximate surface area is 105 Å². The molecule has 1 aliphatic rings. The molecule has 106 valence electrons. The Morgan fingerprint density at radius 3 is 2.28 bits per heavy atom. The quantitative estimate of drug-likeness (QED) is 0.443. The Hall–Kier alpha value is -0.740. The second-order valence-electron chi connectivity index (χ2n) is 4.57. The zero-order valence-electron chi connectivity index (χ0n) is 10.4. The van der Waals surface area contributed by atoms with Crippen molar-refractivity contribution in [2.24, 2.45) is 0 Å². The van der Waals surface area contributed by atoms with Gasteiger partial charge in [0.2, 0.25) is 15.9 Å². The molecule has 9 heteroatoms. The van der Waals surface area contributed by atoms with Gasteiger partial charge in [0.25, 0.3) is 0 Å². The van der Waals surface area contributed by atoms with Crippen molar-refractivity contribution in [1.29, 1.82) is 0 Å². The standard InChI is InChI=1S/C9H18N2O6S/c1-5(13)10-9(2)8(15)7(14)6(4-12)11(9)18(3,16)17/h6-8,12,14-15H,4H2,1-3H3,(H,10,13)/t6-,7-,8+,9-/m1/s1. The molecule has 1 amide bonds. The van der Waals surface area contributed by atoms with E-state index in [0.29, 0.717) is 0 Å². The zero-order chi connectivity index (χ0) is 14.3. The molecule has 0 aromatic heterocycles. The first-order chi connectivity index (χ1) is 8.05. The fourth-order valence-corrected chi connectivity index (χ4v) is 3.94. The van der Waals surface area contributed by atoms with Crippen LogP contribution in [-0.2, 0) is 14.8 Å². The highest BCUT2D eigenvalue weighted by Crippen LogP contribution is 2.34. The van der Waals surface area contributed by atoms with E-state index in [1.807, 2.05) is 0 Å². The summed E-state index contributed by atoms with van der Waals surface area (Å²) in [6, 6.07) is -1.20. The lowest BCUT2D eigenvalue weighted by Crippen LogP contribution is -2.63. The van der Waals surface area contributed by atoms with Gasteiger partial charge in [0.05, 0.1) is 18.9 Å². The normalized spacial score (nSPS) is 37.8. The van der Waals surface area contributed by atoms with Crippen LogP contribution in [0.3, 0.4) is 0 Å². The minimum absolute atomic E-state index is 0.559. The molecule has 0 spiro atoms. The monoisotopic (exact) mass is 282 g/mol. The SMILES string of the molecule is CC(=O)N[C@@]1(C)[C@@H](O)[C@H](O)[C@@H](CO)N1S(C)(=O)=O. The fraction of sp³-hybridized carbons (Fsp3) is 0.889. The molecule has 0 aromatic rings. The van der Waals surface area contributed by atoms with E-state index >= 15 is 0 Å². The number of carbonyl (C=O) groups excluding carboxylic acids is 1. The number of hydrogen-bond donors (Lipinski definition) is 4. The van der Waals surface area contributed by atoms with Crippen LogP contribution in [0.5, 0.6) is 0 Å². The lowest BCUT2D eigenvalue weighted by atomic mass is 10.0. The third-order valence-electron chi connectivity index (χ3n) is 3.03. The van der Waals surface area contributed by atoms with E-state index in [-0.39, 0.29) is 0 Å². The highest BCUT2D eigenvalue weighted by Gasteiger charge is 2.59. The van der Waals surface area contributed by atoms with Crippen LogP contribution < -0.4 is 5.32 Å². The van der Waals surface area contributed by atoms with Crippen molar-refractivity contribution in [2.45, 2.75) is 37.8 Å². The van der Waals surface area contributed by atoms with Crippen molar-refractivity contribution < 1.29 is 28.5 Å². The minimum atomic E-state index is -3.84. The summed E-state index contributed by atoms with van der Waals surface area (Å²) < 4.78 is 24.2. The summed E-state index contributed by atoms with van der Waals surface area (Å²) in [4.78, 5) is 11.1. The van der Waals surface area contributed by atoms with Crippen LogP contribution in [0.15, 0.2) is 0 Å². The molecule has 0 radical (unpaired) electrons. The Morgan fingerprint density at radius 2 is 1.94 bits per heavy atom. The van der Waals surface area contributed by atoms with Crippen LogP contribution in [0.4, 0.5) is 0 Å². The molecule has 18 heavy (non-hydrogen) atoms. The average molecular weight is 282 g/mol. The van der Waals surface area contributed by atoms with Gasteiger partial charge in [-0.15, -0.1) is 0 Å². The zero-order valence-corrected chi connectivity index (χ0v) is 11.2. The molecule has 0 aliphatic carbocycles. The van der Waals surface area contributed by atoms with Gasteiger partial charge in [0, 0.05) is 6.92 Å². The van der Waals surface area contributed by atoms with Gasteiger partial charge in [-0.2, -0.15) is 4.31 Å². The number of sulfonamides is 1. The van der Waals surface area contributed by atoms with Crippen LogP contribution >= 0.6 is 0 Å². The number of aliphatic hydroxyl groups excluding tert-OH is 3. The van der Waals surface area contributed by atoms with Crippen molar-refractivity contribution >= 4 is 15.9 Å². The third-order valence-corrected chi connectivity index (χ3v) is 4.39.